The van der Waals surface area contributed by atoms with Gasteiger partial charge in [0.1, 0.15) is 9.88 Å². The van der Waals surface area contributed by atoms with Crippen molar-refractivity contribution in [2.45, 2.75) is 33.3 Å². The van der Waals surface area contributed by atoms with Gasteiger partial charge in [-0.25, -0.2) is 9.78 Å². The highest BCUT2D eigenvalue weighted by molar-refractivity contribution is 7.22. The quantitative estimate of drug-likeness (QED) is 0.431. The van der Waals surface area contributed by atoms with Crippen molar-refractivity contribution in [3.05, 3.63) is 57.4 Å². The maximum Gasteiger partial charge on any atom is 0.350 e. The Hall–Kier alpha value is -2.84. The van der Waals surface area contributed by atoms with E-state index in [1.807, 2.05) is 17.5 Å². The molecule has 0 fully saturated rings. The third kappa shape index (κ3) is 3.80. The number of carbonyl (C=O) groups excluding carboxylic acids is 3. The zero-order chi connectivity index (χ0) is 21.4. The Bertz CT molecular complexity index is 1130. The molecule has 0 aliphatic carbocycles. The van der Waals surface area contributed by atoms with E-state index in [1.54, 1.807) is 48.3 Å². The molecule has 30 heavy (non-hydrogen) atoms. The lowest BCUT2D eigenvalue weighted by molar-refractivity contribution is -0.116. The molecule has 1 aromatic carbocycles. The van der Waals surface area contributed by atoms with Crippen LogP contribution in [0.25, 0.3) is 9.88 Å². The lowest BCUT2D eigenvalue weighted by atomic mass is 10.0. The summed E-state index contributed by atoms with van der Waals surface area (Å²) in [6.45, 7) is 5.48. The van der Waals surface area contributed by atoms with Gasteiger partial charge in [0.05, 0.1) is 10.6 Å². The van der Waals surface area contributed by atoms with Crippen LogP contribution in [-0.4, -0.2) is 35.3 Å². The molecule has 0 bridgehead atoms. The highest BCUT2D eigenvalue weighted by Gasteiger charge is 2.27. The Balaban J connectivity index is 1.48. The summed E-state index contributed by atoms with van der Waals surface area (Å²) < 4.78 is 5.46. The van der Waals surface area contributed by atoms with E-state index in [2.05, 4.69) is 4.98 Å². The first-order valence-corrected chi connectivity index (χ1v) is 11.2. The number of rotatable bonds is 5. The van der Waals surface area contributed by atoms with Gasteiger partial charge in [-0.05, 0) is 55.5 Å². The van der Waals surface area contributed by atoms with Gasteiger partial charge in [-0.1, -0.05) is 6.07 Å². The monoisotopic (exact) mass is 440 g/mol. The zero-order valence-corrected chi connectivity index (χ0v) is 18.4. The van der Waals surface area contributed by atoms with Gasteiger partial charge in [-0.3, -0.25) is 9.59 Å². The number of aromatic nitrogens is 1. The van der Waals surface area contributed by atoms with E-state index in [9.17, 15) is 14.4 Å². The van der Waals surface area contributed by atoms with E-state index < -0.39 is 12.1 Å². The van der Waals surface area contributed by atoms with Gasteiger partial charge in [0, 0.05) is 24.7 Å². The fraction of sp³-hybridized carbons (Fsp3) is 0.273. The molecule has 6 nitrogen and oxygen atoms in total. The van der Waals surface area contributed by atoms with Crippen LogP contribution in [-0.2, 0) is 16.0 Å². The van der Waals surface area contributed by atoms with E-state index in [0.29, 0.717) is 29.1 Å². The summed E-state index contributed by atoms with van der Waals surface area (Å²) in [5.74, 6) is -0.831. The summed E-state index contributed by atoms with van der Waals surface area (Å²) >= 11 is 2.82. The van der Waals surface area contributed by atoms with Crippen LogP contribution in [0.3, 0.4) is 0 Å². The van der Waals surface area contributed by atoms with Crippen LogP contribution in [0.1, 0.15) is 45.1 Å². The lowest BCUT2D eigenvalue weighted by Gasteiger charge is -2.16. The number of nitrogens with zero attached hydrogens (tertiary/aromatic N) is 2. The molecule has 0 saturated carbocycles. The summed E-state index contributed by atoms with van der Waals surface area (Å²) in [5.41, 5.74) is 2.85. The Kier molecular flexibility index (Phi) is 5.53. The number of benzene rings is 1. The molecule has 1 unspecified atom stereocenters. The molecule has 0 radical (unpaired) electrons. The Morgan fingerprint density at radius 1 is 1.23 bits per heavy atom. The largest absolute Gasteiger partial charge is 0.450 e. The Morgan fingerprint density at radius 3 is 2.73 bits per heavy atom. The number of fused-ring (bicyclic) bond motifs is 1. The second-order valence-electron chi connectivity index (χ2n) is 7.09. The minimum absolute atomic E-state index is 0.0167. The summed E-state index contributed by atoms with van der Waals surface area (Å²) in [6, 6.07) is 9.14. The molecule has 4 rings (SSSR count). The van der Waals surface area contributed by atoms with Crippen LogP contribution in [0.2, 0.25) is 0 Å². The minimum atomic E-state index is -0.924. The molecule has 154 valence electrons. The summed E-state index contributed by atoms with van der Waals surface area (Å²) in [7, 11) is 0. The van der Waals surface area contributed by atoms with Crippen molar-refractivity contribution in [1.29, 1.82) is 0 Å². The van der Waals surface area contributed by atoms with E-state index in [4.69, 9.17) is 4.74 Å². The van der Waals surface area contributed by atoms with Crippen LogP contribution in [0, 0.1) is 6.92 Å². The van der Waals surface area contributed by atoms with Crippen molar-refractivity contribution in [2.24, 2.45) is 0 Å². The van der Waals surface area contributed by atoms with Gasteiger partial charge in [0.15, 0.2) is 6.10 Å². The van der Waals surface area contributed by atoms with Crippen molar-refractivity contribution in [1.82, 2.24) is 4.98 Å². The average Bonchev–Trinajstić information content (AvgIpc) is 3.45. The predicted molar refractivity (Wildman–Crippen MR) is 118 cm³/mol. The number of ether oxygens (including phenoxy) is 1. The molecule has 1 aliphatic rings. The first kappa shape index (κ1) is 20.4. The fourth-order valence-corrected chi connectivity index (χ4v) is 5.22. The van der Waals surface area contributed by atoms with E-state index in [1.165, 1.54) is 18.3 Å². The van der Waals surface area contributed by atoms with Crippen LogP contribution in [0.4, 0.5) is 5.69 Å². The second kappa shape index (κ2) is 8.12. The van der Waals surface area contributed by atoms with Gasteiger partial charge in [-0.15, -0.1) is 22.7 Å². The number of anilines is 1. The Morgan fingerprint density at radius 2 is 2.03 bits per heavy atom. The number of Topliss-reactive ketones (excluding diaryl/α,β-unsaturated/α-hetero) is 1. The molecule has 3 aromatic rings. The number of thiophene rings is 1. The van der Waals surface area contributed by atoms with Gasteiger partial charge in [0.2, 0.25) is 11.7 Å². The van der Waals surface area contributed by atoms with E-state index in [0.717, 1.165) is 21.1 Å². The molecular weight excluding hydrogens is 420 g/mol. The molecule has 0 saturated heterocycles. The molecule has 1 aliphatic heterocycles. The van der Waals surface area contributed by atoms with Crippen LogP contribution >= 0.6 is 22.7 Å². The third-order valence-corrected chi connectivity index (χ3v) is 7.18. The lowest BCUT2D eigenvalue weighted by Crippen LogP contribution is -2.26. The van der Waals surface area contributed by atoms with Gasteiger partial charge in [0.25, 0.3) is 0 Å². The molecule has 1 amide bonds. The first-order chi connectivity index (χ1) is 14.3. The number of esters is 1. The Labute approximate surface area is 182 Å². The highest BCUT2D eigenvalue weighted by Crippen LogP contribution is 2.32. The highest BCUT2D eigenvalue weighted by atomic mass is 32.1. The van der Waals surface area contributed by atoms with E-state index >= 15 is 0 Å². The van der Waals surface area contributed by atoms with Crippen LogP contribution < -0.4 is 4.90 Å². The second-order valence-corrected chi connectivity index (χ2v) is 9.03. The molecular formula is C22H20N2O4S2. The first-order valence-electron chi connectivity index (χ1n) is 9.52. The van der Waals surface area contributed by atoms with Crippen molar-refractivity contribution >= 4 is 46.0 Å². The molecule has 0 N–H and O–H groups in total. The number of hydrogen-bond donors (Lipinski definition) is 0. The molecule has 0 spiro atoms. The topological polar surface area (TPSA) is 76.6 Å². The number of ketones is 1. The third-order valence-electron chi connectivity index (χ3n) is 5.01. The molecule has 3 heterocycles. The van der Waals surface area contributed by atoms with Crippen LogP contribution in [0.5, 0.6) is 0 Å². The molecule has 1 atom stereocenters. The van der Waals surface area contributed by atoms with Gasteiger partial charge < -0.3 is 9.64 Å². The van der Waals surface area contributed by atoms with Crippen molar-refractivity contribution in [3.63, 3.8) is 0 Å². The van der Waals surface area contributed by atoms with E-state index in [-0.39, 0.29) is 11.7 Å². The van der Waals surface area contributed by atoms with Gasteiger partial charge in [-0.2, -0.15) is 0 Å². The molecule has 8 heteroatoms. The van der Waals surface area contributed by atoms with Crippen molar-refractivity contribution < 1.29 is 19.1 Å². The summed E-state index contributed by atoms with van der Waals surface area (Å²) in [6.07, 6.45) is -0.219. The van der Waals surface area contributed by atoms with Crippen molar-refractivity contribution in [2.75, 3.05) is 11.4 Å². The normalized spacial score (nSPS) is 13.8. The van der Waals surface area contributed by atoms with Gasteiger partial charge >= 0.3 is 5.97 Å². The number of aryl methyl sites for hydroxylation is 1. The number of carbonyl (C=O) groups is 3. The average molecular weight is 441 g/mol. The zero-order valence-electron chi connectivity index (χ0n) is 16.8. The van der Waals surface area contributed by atoms with Crippen molar-refractivity contribution in [3.8, 4) is 9.88 Å². The standard InChI is InChI=1S/C22H20N2O4S2/c1-12-20(30-21(23-12)18-5-4-10-29-18)22(27)28-13(2)19(26)16-6-7-17-15(11-16)8-9-24(17)14(3)25/h4-7,10-11,13H,8-9H2,1-3H3. The fourth-order valence-electron chi connectivity index (χ4n) is 3.48. The number of thiazole rings is 1. The maximum atomic E-state index is 12.8. The molecule has 2 aromatic heterocycles. The predicted octanol–water partition coefficient (Wildman–Crippen LogP) is 4.52. The SMILES string of the molecule is CC(=O)N1CCc2cc(C(=O)C(C)OC(=O)c3sc(-c4cccs4)nc3C)ccc21. The summed E-state index contributed by atoms with van der Waals surface area (Å²) in [4.78, 5) is 44.7. The number of amides is 1. The minimum Gasteiger partial charge on any atom is -0.450 e. The smallest absolute Gasteiger partial charge is 0.350 e. The van der Waals surface area contributed by atoms with Crippen LogP contribution in [0.15, 0.2) is 35.7 Å². The summed E-state index contributed by atoms with van der Waals surface area (Å²) in [5, 5.41) is 2.72. The maximum absolute atomic E-state index is 12.8. The number of hydrogen-bond acceptors (Lipinski definition) is 7.